The summed E-state index contributed by atoms with van der Waals surface area (Å²) in [5.41, 5.74) is 1.22. The van der Waals surface area contributed by atoms with Gasteiger partial charge in [-0.15, -0.1) is 0 Å². The van der Waals surface area contributed by atoms with Crippen molar-refractivity contribution in [2.24, 2.45) is 5.92 Å². The Labute approximate surface area is 191 Å². The van der Waals surface area contributed by atoms with Crippen molar-refractivity contribution in [1.29, 1.82) is 0 Å². The van der Waals surface area contributed by atoms with Crippen molar-refractivity contribution >= 4 is 17.8 Å². The number of esters is 1. The molecule has 7 nitrogen and oxygen atoms in total. The van der Waals surface area contributed by atoms with Crippen molar-refractivity contribution in [3.8, 4) is 0 Å². The molecule has 1 heterocycles. The van der Waals surface area contributed by atoms with E-state index in [-0.39, 0.29) is 36.7 Å². The zero-order valence-electron chi connectivity index (χ0n) is 19.3. The third-order valence-corrected chi connectivity index (χ3v) is 6.58. The van der Waals surface area contributed by atoms with Crippen LogP contribution in [0.15, 0.2) is 30.3 Å². The second kappa shape index (κ2) is 12.6. The van der Waals surface area contributed by atoms with Gasteiger partial charge >= 0.3 is 5.97 Å². The van der Waals surface area contributed by atoms with Crippen molar-refractivity contribution in [1.82, 2.24) is 15.1 Å². The van der Waals surface area contributed by atoms with Gasteiger partial charge in [0.05, 0.1) is 19.1 Å². The summed E-state index contributed by atoms with van der Waals surface area (Å²) in [6.07, 6.45) is 5.69. The quantitative estimate of drug-likeness (QED) is 0.562. The Bertz CT molecular complexity index is 741. The molecule has 1 aromatic rings. The van der Waals surface area contributed by atoms with Crippen LogP contribution in [0.2, 0.25) is 0 Å². The molecule has 32 heavy (non-hydrogen) atoms. The van der Waals surface area contributed by atoms with Gasteiger partial charge in [-0.05, 0) is 37.7 Å². The Morgan fingerprint density at radius 3 is 2.38 bits per heavy atom. The molecule has 1 atom stereocenters. The van der Waals surface area contributed by atoms with Crippen LogP contribution in [0.4, 0.5) is 0 Å². The van der Waals surface area contributed by atoms with Crippen molar-refractivity contribution in [3.63, 3.8) is 0 Å². The van der Waals surface area contributed by atoms with E-state index < -0.39 is 0 Å². The highest BCUT2D eigenvalue weighted by atomic mass is 16.5. The van der Waals surface area contributed by atoms with E-state index in [1.54, 1.807) is 6.92 Å². The molecule has 0 bridgehead atoms. The molecule has 0 radical (unpaired) electrons. The van der Waals surface area contributed by atoms with Gasteiger partial charge in [-0.25, -0.2) is 0 Å². The molecule has 2 aliphatic rings. The molecule has 0 unspecified atom stereocenters. The summed E-state index contributed by atoms with van der Waals surface area (Å²) < 4.78 is 4.91. The highest BCUT2D eigenvalue weighted by Gasteiger charge is 2.37. The molecule has 7 heteroatoms. The van der Waals surface area contributed by atoms with Crippen LogP contribution in [0, 0.1) is 5.92 Å². The summed E-state index contributed by atoms with van der Waals surface area (Å²) in [5.74, 6) is 0.170. The van der Waals surface area contributed by atoms with Crippen LogP contribution < -0.4 is 5.32 Å². The van der Waals surface area contributed by atoms with Crippen LogP contribution in [-0.2, 0) is 25.5 Å². The molecular formula is C25H37N3O4. The molecule has 0 aromatic heterocycles. The molecular weight excluding hydrogens is 406 g/mol. The predicted molar refractivity (Wildman–Crippen MR) is 123 cm³/mol. The van der Waals surface area contributed by atoms with Gasteiger partial charge in [0.25, 0.3) is 0 Å². The summed E-state index contributed by atoms with van der Waals surface area (Å²) in [7, 11) is 0. The number of piperazine rings is 1. The van der Waals surface area contributed by atoms with Gasteiger partial charge in [-0.1, -0.05) is 43.2 Å². The maximum absolute atomic E-state index is 13.2. The fraction of sp³-hybridized carbons (Fsp3) is 0.640. The van der Waals surface area contributed by atoms with Gasteiger partial charge in [-0.2, -0.15) is 0 Å². The largest absolute Gasteiger partial charge is 0.466 e. The number of amides is 2. The fourth-order valence-electron chi connectivity index (χ4n) is 4.88. The minimum absolute atomic E-state index is 0.0116. The van der Waals surface area contributed by atoms with Gasteiger partial charge < -0.3 is 15.0 Å². The number of nitrogens with zero attached hydrogens (tertiary/aromatic N) is 2. The van der Waals surface area contributed by atoms with Crippen molar-refractivity contribution in [3.05, 3.63) is 35.9 Å². The smallest absolute Gasteiger partial charge is 0.306 e. The number of carbonyl (C=O) groups is 3. The van der Waals surface area contributed by atoms with E-state index in [2.05, 4.69) is 22.3 Å². The molecule has 1 N–H and O–H groups in total. The van der Waals surface area contributed by atoms with Gasteiger partial charge in [0.1, 0.15) is 0 Å². The summed E-state index contributed by atoms with van der Waals surface area (Å²) in [4.78, 5) is 41.3. The molecule has 0 spiro atoms. The standard InChI is InChI=1S/C25H37N3O4/c1-2-32-23(30)13-12-22(29)27-16-18-28(19-17-27)24(21-10-6-7-11-21)25(31)26-15-14-20-8-4-3-5-9-20/h3-5,8-9,21,24H,2,6-7,10-19H2,1H3,(H,26,31)/t24-/m1/s1. The van der Waals surface area contributed by atoms with Crippen molar-refractivity contribution < 1.29 is 19.1 Å². The fourth-order valence-corrected chi connectivity index (χ4v) is 4.88. The monoisotopic (exact) mass is 443 g/mol. The van der Waals surface area contributed by atoms with E-state index in [1.807, 2.05) is 23.1 Å². The lowest BCUT2D eigenvalue weighted by atomic mass is 9.95. The summed E-state index contributed by atoms with van der Waals surface area (Å²) >= 11 is 0. The number of rotatable bonds is 10. The maximum atomic E-state index is 13.2. The molecule has 3 rings (SSSR count). The first-order valence-corrected chi connectivity index (χ1v) is 12.1. The highest BCUT2D eigenvalue weighted by Crippen LogP contribution is 2.31. The lowest BCUT2D eigenvalue weighted by molar-refractivity contribution is -0.146. The van der Waals surface area contributed by atoms with E-state index in [9.17, 15) is 14.4 Å². The van der Waals surface area contributed by atoms with E-state index in [1.165, 1.54) is 18.4 Å². The maximum Gasteiger partial charge on any atom is 0.306 e. The van der Waals surface area contributed by atoms with E-state index in [0.29, 0.717) is 45.2 Å². The molecule has 1 saturated carbocycles. The average Bonchev–Trinajstić information content (AvgIpc) is 3.33. The molecule has 1 saturated heterocycles. The molecule has 2 fully saturated rings. The number of nitrogens with one attached hydrogen (secondary N) is 1. The molecule has 176 valence electrons. The first-order chi connectivity index (χ1) is 15.6. The van der Waals surface area contributed by atoms with Crippen LogP contribution in [0.1, 0.15) is 51.0 Å². The zero-order valence-corrected chi connectivity index (χ0v) is 19.3. The summed E-state index contributed by atoms with van der Waals surface area (Å²) in [5, 5.41) is 3.17. The Morgan fingerprint density at radius 2 is 1.72 bits per heavy atom. The van der Waals surface area contributed by atoms with Crippen LogP contribution in [0.25, 0.3) is 0 Å². The van der Waals surface area contributed by atoms with Gasteiger partial charge in [-0.3, -0.25) is 19.3 Å². The third-order valence-electron chi connectivity index (χ3n) is 6.58. The zero-order chi connectivity index (χ0) is 22.8. The van der Waals surface area contributed by atoms with Crippen LogP contribution in [0.5, 0.6) is 0 Å². The number of hydrogen-bond donors (Lipinski definition) is 1. The number of hydrogen-bond acceptors (Lipinski definition) is 5. The number of benzene rings is 1. The van der Waals surface area contributed by atoms with Gasteiger partial charge in [0.2, 0.25) is 11.8 Å². The Kier molecular flexibility index (Phi) is 9.53. The van der Waals surface area contributed by atoms with Crippen LogP contribution in [0.3, 0.4) is 0 Å². The molecule has 1 aliphatic heterocycles. The van der Waals surface area contributed by atoms with Crippen molar-refractivity contribution in [2.45, 2.75) is 57.9 Å². The normalized spacial score (nSPS) is 18.3. The van der Waals surface area contributed by atoms with Gasteiger partial charge in [0, 0.05) is 39.1 Å². The second-order valence-corrected chi connectivity index (χ2v) is 8.74. The van der Waals surface area contributed by atoms with E-state index in [0.717, 1.165) is 19.3 Å². The minimum atomic E-state index is -0.326. The number of carbonyl (C=O) groups excluding carboxylic acids is 3. The first kappa shape index (κ1) is 24.2. The Hall–Kier alpha value is -2.41. The second-order valence-electron chi connectivity index (χ2n) is 8.74. The molecule has 1 aliphatic carbocycles. The lowest BCUT2D eigenvalue weighted by Gasteiger charge is -2.40. The minimum Gasteiger partial charge on any atom is -0.466 e. The van der Waals surface area contributed by atoms with Crippen LogP contribution >= 0.6 is 0 Å². The summed E-state index contributed by atoms with van der Waals surface area (Å²) in [6.45, 7) is 5.32. The average molecular weight is 444 g/mol. The van der Waals surface area contributed by atoms with E-state index >= 15 is 0 Å². The topological polar surface area (TPSA) is 79.0 Å². The highest BCUT2D eigenvalue weighted by molar-refractivity contribution is 5.83. The molecule has 2 amide bonds. The predicted octanol–water partition coefficient (Wildman–Crippen LogP) is 2.39. The van der Waals surface area contributed by atoms with Crippen molar-refractivity contribution in [2.75, 3.05) is 39.3 Å². The number of ether oxygens (including phenoxy) is 1. The van der Waals surface area contributed by atoms with E-state index in [4.69, 9.17) is 4.74 Å². The molecule has 1 aromatic carbocycles. The lowest BCUT2D eigenvalue weighted by Crippen LogP contribution is -2.58. The Balaban J connectivity index is 1.50. The summed E-state index contributed by atoms with van der Waals surface area (Å²) in [6, 6.07) is 10.1. The third kappa shape index (κ3) is 7.05. The van der Waals surface area contributed by atoms with Crippen LogP contribution in [-0.4, -0.2) is 73.0 Å². The SMILES string of the molecule is CCOC(=O)CCC(=O)N1CCN([C@@H](C(=O)NCCc2ccccc2)C2CCCC2)CC1. The first-order valence-electron chi connectivity index (χ1n) is 12.1. The Morgan fingerprint density at radius 1 is 1.03 bits per heavy atom. The van der Waals surface area contributed by atoms with Gasteiger partial charge in [0.15, 0.2) is 0 Å².